The van der Waals surface area contributed by atoms with E-state index < -0.39 is 12.2 Å². The Balaban J connectivity index is 2.06. The van der Waals surface area contributed by atoms with Crippen molar-refractivity contribution in [3.63, 3.8) is 0 Å². The molecule has 102 valence electrons. The SMILES string of the molecule is CC(=O)Nc1ccc(C(=O)N2CC(O)C(O)C2)cc1. The van der Waals surface area contributed by atoms with Gasteiger partial charge in [0.1, 0.15) is 0 Å². The van der Waals surface area contributed by atoms with Crippen molar-refractivity contribution < 1.29 is 19.8 Å². The number of β-amino-alcohol motifs (C(OH)–C–C–N with tert-alkyl or cyclic N) is 2. The zero-order chi connectivity index (χ0) is 14.0. The third-order valence-corrected chi connectivity index (χ3v) is 3.00. The number of carbonyl (C=O) groups excluding carboxylic acids is 2. The van der Waals surface area contributed by atoms with E-state index in [1.165, 1.54) is 11.8 Å². The molecule has 1 fully saturated rings. The van der Waals surface area contributed by atoms with Gasteiger partial charge in [-0.25, -0.2) is 0 Å². The van der Waals surface area contributed by atoms with Crippen LogP contribution in [0.2, 0.25) is 0 Å². The smallest absolute Gasteiger partial charge is 0.254 e. The minimum atomic E-state index is -0.886. The molecular formula is C13H16N2O4. The van der Waals surface area contributed by atoms with Gasteiger partial charge in [0.25, 0.3) is 5.91 Å². The molecule has 19 heavy (non-hydrogen) atoms. The molecule has 1 saturated heterocycles. The van der Waals surface area contributed by atoms with Gasteiger partial charge >= 0.3 is 0 Å². The van der Waals surface area contributed by atoms with Gasteiger partial charge in [0.2, 0.25) is 5.91 Å². The van der Waals surface area contributed by atoms with Gasteiger partial charge in [0.15, 0.2) is 0 Å². The van der Waals surface area contributed by atoms with E-state index in [-0.39, 0.29) is 24.9 Å². The number of likely N-dealkylation sites (tertiary alicyclic amines) is 1. The molecule has 0 saturated carbocycles. The summed E-state index contributed by atoms with van der Waals surface area (Å²) in [5.74, 6) is -0.421. The molecule has 1 heterocycles. The van der Waals surface area contributed by atoms with Gasteiger partial charge in [-0.2, -0.15) is 0 Å². The third kappa shape index (κ3) is 3.10. The Kier molecular flexibility index (Phi) is 3.82. The first-order chi connectivity index (χ1) is 8.97. The van der Waals surface area contributed by atoms with Crippen molar-refractivity contribution in [1.82, 2.24) is 4.90 Å². The molecule has 1 aliphatic heterocycles. The molecule has 0 bridgehead atoms. The lowest BCUT2D eigenvalue weighted by atomic mass is 10.2. The van der Waals surface area contributed by atoms with Crippen molar-refractivity contribution in [3.8, 4) is 0 Å². The van der Waals surface area contributed by atoms with Crippen molar-refractivity contribution >= 4 is 17.5 Å². The van der Waals surface area contributed by atoms with Crippen molar-refractivity contribution in [2.75, 3.05) is 18.4 Å². The molecule has 6 nitrogen and oxygen atoms in total. The predicted octanol–water partition coefficient (Wildman–Crippen LogP) is -0.177. The van der Waals surface area contributed by atoms with E-state index in [0.29, 0.717) is 11.3 Å². The summed E-state index contributed by atoms with van der Waals surface area (Å²) in [6.07, 6.45) is -1.77. The number of benzene rings is 1. The molecule has 0 spiro atoms. The summed E-state index contributed by atoms with van der Waals surface area (Å²) in [5, 5.41) is 21.4. The normalized spacial score (nSPS) is 22.4. The van der Waals surface area contributed by atoms with Gasteiger partial charge in [-0.3, -0.25) is 9.59 Å². The Bertz CT molecular complexity index is 476. The van der Waals surface area contributed by atoms with Crippen LogP contribution in [0.5, 0.6) is 0 Å². The maximum Gasteiger partial charge on any atom is 0.254 e. The van der Waals surface area contributed by atoms with Gasteiger partial charge in [-0.1, -0.05) is 0 Å². The number of nitrogens with zero attached hydrogens (tertiary/aromatic N) is 1. The second-order valence-corrected chi connectivity index (χ2v) is 4.60. The van der Waals surface area contributed by atoms with Crippen LogP contribution >= 0.6 is 0 Å². The summed E-state index contributed by atoms with van der Waals surface area (Å²) in [4.78, 5) is 24.4. The minimum absolute atomic E-state index is 0.132. The van der Waals surface area contributed by atoms with Gasteiger partial charge in [0, 0.05) is 31.3 Å². The number of hydrogen-bond acceptors (Lipinski definition) is 4. The average Bonchev–Trinajstić information content (AvgIpc) is 2.69. The Morgan fingerprint density at radius 1 is 1.16 bits per heavy atom. The molecule has 2 atom stereocenters. The molecule has 6 heteroatoms. The molecule has 1 aromatic rings. The van der Waals surface area contributed by atoms with Gasteiger partial charge in [-0.05, 0) is 24.3 Å². The Hall–Kier alpha value is -1.92. The molecule has 1 aliphatic rings. The first-order valence-electron chi connectivity index (χ1n) is 6.00. The van der Waals surface area contributed by atoms with Crippen molar-refractivity contribution in [3.05, 3.63) is 29.8 Å². The van der Waals surface area contributed by atoms with Crippen LogP contribution in [-0.2, 0) is 4.79 Å². The second-order valence-electron chi connectivity index (χ2n) is 4.60. The zero-order valence-corrected chi connectivity index (χ0v) is 10.5. The lowest BCUT2D eigenvalue weighted by Crippen LogP contribution is -2.29. The van der Waals surface area contributed by atoms with E-state index in [4.69, 9.17) is 0 Å². The number of rotatable bonds is 2. The van der Waals surface area contributed by atoms with Crippen LogP contribution in [0.15, 0.2) is 24.3 Å². The summed E-state index contributed by atoms with van der Waals surface area (Å²) in [5.41, 5.74) is 1.07. The third-order valence-electron chi connectivity index (χ3n) is 3.00. The molecule has 0 radical (unpaired) electrons. The summed E-state index contributed by atoms with van der Waals surface area (Å²) in [7, 11) is 0. The maximum absolute atomic E-state index is 12.1. The lowest BCUT2D eigenvalue weighted by Gasteiger charge is -2.15. The molecule has 2 amide bonds. The first kappa shape index (κ1) is 13.5. The summed E-state index contributed by atoms with van der Waals surface area (Å²) >= 11 is 0. The van der Waals surface area contributed by atoms with E-state index in [9.17, 15) is 19.8 Å². The van der Waals surface area contributed by atoms with E-state index in [0.717, 1.165) is 0 Å². The Labute approximate surface area is 110 Å². The number of amides is 2. The quantitative estimate of drug-likeness (QED) is 0.691. The van der Waals surface area contributed by atoms with Crippen LogP contribution in [0.3, 0.4) is 0 Å². The van der Waals surface area contributed by atoms with Crippen LogP contribution in [0, 0.1) is 0 Å². The highest BCUT2D eigenvalue weighted by atomic mass is 16.3. The molecule has 3 N–H and O–H groups in total. The number of hydrogen-bond donors (Lipinski definition) is 3. The Morgan fingerprint density at radius 2 is 1.68 bits per heavy atom. The monoisotopic (exact) mass is 264 g/mol. The molecule has 1 aromatic carbocycles. The predicted molar refractivity (Wildman–Crippen MR) is 68.7 cm³/mol. The van der Waals surface area contributed by atoms with Gasteiger partial charge in [0.05, 0.1) is 12.2 Å². The standard InChI is InChI=1S/C13H16N2O4/c1-8(16)14-10-4-2-9(3-5-10)13(19)15-6-11(17)12(18)7-15/h2-5,11-12,17-18H,6-7H2,1H3,(H,14,16). The number of carbonyl (C=O) groups is 2. The lowest BCUT2D eigenvalue weighted by molar-refractivity contribution is -0.114. The van der Waals surface area contributed by atoms with Crippen LogP contribution in [-0.4, -0.2) is 52.2 Å². The summed E-state index contributed by atoms with van der Waals surface area (Å²) < 4.78 is 0. The maximum atomic E-state index is 12.1. The number of anilines is 1. The Morgan fingerprint density at radius 3 is 2.16 bits per heavy atom. The summed E-state index contributed by atoms with van der Waals surface area (Å²) in [6.45, 7) is 1.67. The van der Waals surface area contributed by atoms with Crippen LogP contribution in [0.4, 0.5) is 5.69 Å². The van der Waals surface area contributed by atoms with Crippen molar-refractivity contribution in [2.45, 2.75) is 19.1 Å². The zero-order valence-electron chi connectivity index (χ0n) is 10.5. The first-order valence-corrected chi connectivity index (χ1v) is 6.00. The number of aliphatic hydroxyl groups excluding tert-OH is 2. The molecule has 2 unspecified atom stereocenters. The minimum Gasteiger partial charge on any atom is -0.388 e. The number of aliphatic hydroxyl groups is 2. The highest BCUT2D eigenvalue weighted by Gasteiger charge is 2.32. The van der Waals surface area contributed by atoms with Gasteiger partial charge < -0.3 is 20.4 Å². The van der Waals surface area contributed by atoms with E-state index in [1.807, 2.05) is 0 Å². The largest absolute Gasteiger partial charge is 0.388 e. The van der Waals surface area contributed by atoms with Crippen molar-refractivity contribution in [2.24, 2.45) is 0 Å². The van der Waals surface area contributed by atoms with E-state index in [1.54, 1.807) is 24.3 Å². The van der Waals surface area contributed by atoms with Crippen LogP contribution in [0.25, 0.3) is 0 Å². The molecular weight excluding hydrogens is 248 g/mol. The highest BCUT2D eigenvalue weighted by molar-refractivity contribution is 5.95. The molecule has 2 rings (SSSR count). The van der Waals surface area contributed by atoms with Crippen LogP contribution < -0.4 is 5.32 Å². The van der Waals surface area contributed by atoms with E-state index >= 15 is 0 Å². The molecule has 0 aromatic heterocycles. The van der Waals surface area contributed by atoms with E-state index in [2.05, 4.69) is 5.32 Å². The average molecular weight is 264 g/mol. The van der Waals surface area contributed by atoms with Gasteiger partial charge in [-0.15, -0.1) is 0 Å². The topological polar surface area (TPSA) is 89.9 Å². The number of nitrogens with one attached hydrogen (secondary N) is 1. The second kappa shape index (κ2) is 5.38. The fraction of sp³-hybridized carbons (Fsp3) is 0.385. The van der Waals surface area contributed by atoms with Crippen LogP contribution in [0.1, 0.15) is 17.3 Å². The molecule has 0 aliphatic carbocycles. The highest BCUT2D eigenvalue weighted by Crippen LogP contribution is 2.16. The summed E-state index contributed by atoms with van der Waals surface area (Å²) in [6, 6.07) is 6.48. The van der Waals surface area contributed by atoms with Crippen molar-refractivity contribution in [1.29, 1.82) is 0 Å². The fourth-order valence-corrected chi connectivity index (χ4v) is 2.02. The fourth-order valence-electron chi connectivity index (χ4n) is 2.02.